The summed E-state index contributed by atoms with van der Waals surface area (Å²) in [5.74, 6) is 0.151. The highest BCUT2D eigenvalue weighted by Gasteiger charge is 2.15. The Morgan fingerprint density at radius 3 is 2.67 bits per heavy atom. The molecule has 1 aromatic carbocycles. The number of aromatic amines is 3. The molecule has 5 N–H and O–H groups in total. The predicted octanol–water partition coefficient (Wildman–Crippen LogP) is 0.0969. The predicted molar refractivity (Wildman–Crippen MR) is 73.8 cm³/mol. The number of hydrogen-bond donors (Lipinski definition) is 4. The number of hydrogen-bond acceptors (Lipinski definition) is 6. The van der Waals surface area contributed by atoms with Gasteiger partial charge in [0.15, 0.2) is 5.65 Å². The van der Waals surface area contributed by atoms with Gasteiger partial charge in [0.2, 0.25) is 0 Å². The van der Waals surface area contributed by atoms with Crippen LogP contribution in [-0.2, 0) is 0 Å². The number of nitro benzene ring substituents is 1. The molecule has 3 rings (SSSR count). The Morgan fingerprint density at radius 1 is 1.19 bits per heavy atom. The molecular formula is C11H8N6O4. The lowest BCUT2D eigenvalue weighted by molar-refractivity contribution is -0.384. The van der Waals surface area contributed by atoms with E-state index in [9.17, 15) is 19.7 Å². The van der Waals surface area contributed by atoms with E-state index in [1.165, 1.54) is 18.2 Å². The Hall–Kier alpha value is -3.43. The zero-order chi connectivity index (χ0) is 15.1. The fraction of sp³-hybridized carbons (Fsp3) is 0. The summed E-state index contributed by atoms with van der Waals surface area (Å²) in [4.78, 5) is 44.1. The number of H-pyrrole nitrogens is 3. The number of nitrogens with two attached hydrogens (primary N) is 1. The Balaban J connectivity index is 2.28. The van der Waals surface area contributed by atoms with Crippen molar-refractivity contribution in [3.8, 4) is 11.4 Å². The molecule has 0 aliphatic heterocycles. The minimum atomic E-state index is -0.697. The number of aromatic nitrogens is 4. The first kappa shape index (κ1) is 12.6. The van der Waals surface area contributed by atoms with Crippen LogP contribution in [0.5, 0.6) is 0 Å². The van der Waals surface area contributed by atoms with E-state index in [-0.39, 0.29) is 33.9 Å². The SMILES string of the molecule is Nc1ccc([N+](=O)[O-])cc1-c1nc2[nH]c(=O)[nH]c(=O)c2[nH]1. The Labute approximate surface area is 114 Å². The van der Waals surface area contributed by atoms with E-state index in [2.05, 4.69) is 15.0 Å². The highest BCUT2D eigenvalue weighted by molar-refractivity contribution is 5.80. The minimum absolute atomic E-state index is 0.0460. The largest absolute Gasteiger partial charge is 0.398 e. The molecule has 2 aromatic heterocycles. The molecule has 0 aliphatic carbocycles. The van der Waals surface area contributed by atoms with Crippen LogP contribution in [0.1, 0.15) is 0 Å². The van der Waals surface area contributed by atoms with Crippen molar-refractivity contribution in [2.75, 3.05) is 5.73 Å². The molecule has 0 unspecified atom stereocenters. The van der Waals surface area contributed by atoms with Gasteiger partial charge in [-0.15, -0.1) is 0 Å². The van der Waals surface area contributed by atoms with Crippen LogP contribution in [0, 0.1) is 10.1 Å². The van der Waals surface area contributed by atoms with Crippen molar-refractivity contribution in [2.24, 2.45) is 0 Å². The highest BCUT2D eigenvalue weighted by Crippen LogP contribution is 2.28. The maximum absolute atomic E-state index is 11.6. The van der Waals surface area contributed by atoms with Crippen LogP contribution in [0.25, 0.3) is 22.6 Å². The molecule has 3 aromatic rings. The highest BCUT2D eigenvalue weighted by atomic mass is 16.6. The van der Waals surface area contributed by atoms with Gasteiger partial charge in [-0.1, -0.05) is 0 Å². The van der Waals surface area contributed by atoms with Crippen molar-refractivity contribution in [1.82, 2.24) is 19.9 Å². The summed E-state index contributed by atoms with van der Waals surface area (Å²) in [7, 11) is 0. The molecule has 2 heterocycles. The number of nitrogens with one attached hydrogen (secondary N) is 3. The minimum Gasteiger partial charge on any atom is -0.398 e. The Kier molecular flexibility index (Phi) is 2.58. The Morgan fingerprint density at radius 2 is 1.95 bits per heavy atom. The molecule has 0 amide bonds. The first-order chi connectivity index (χ1) is 9.95. The van der Waals surface area contributed by atoms with Crippen LogP contribution in [0.15, 0.2) is 27.8 Å². The lowest BCUT2D eigenvalue weighted by Crippen LogP contribution is -2.21. The molecule has 21 heavy (non-hydrogen) atoms. The van der Waals surface area contributed by atoms with Gasteiger partial charge < -0.3 is 10.7 Å². The van der Waals surface area contributed by atoms with Gasteiger partial charge in [-0.05, 0) is 6.07 Å². The second kappa shape index (κ2) is 4.30. The van der Waals surface area contributed by atoms with Crippen LogP contribution in [-0.4, -0.2) is 24.9 Å². The second-order valence-corrected chi connectivity index (χ2v) is 4.25. The molecule has 10 nitrogen and oxygen atoms in total. The monoisotopic (exact) mass is 288 g/mol. The summed E-state index contributed by atoms with van der Waals surface area (Å²) in [6.07, 6.45) is 0. The van der Waals surface area contributed by atoms with Crippen molar-refractivity contribution in [2.45, 2.75) is 0 Å². The lowest BCUT2D eigenvalue weighted by atomic mass is 10.1. The molecular weight excluding hydrogens is 280 g/mol. The van der Waals surface area contributed by atoms with E-state index < -0.39 is 16.2 Å². The van der Waals surface area contributed by atoms with Gasteiger partial charge in [0.25, 0.3) is 11.2 Å². The number of rotatable bonds is 2. The molecule has 0 fully saturated rings. The number of benzene rings is 1. The van der Waals surface area contributed by atoms with Crippen molar-refractivity contribution in [3.05, 3.63) is 49.2 Å². The first-order valence-corrected chi connectivity index (χ1v) is 5.72. The van der Waals surface area contributed by atoms with E-state index >= 15 is 0 Å². The molecule has 0 bridgehead atoms. The lowest BCUT2D eigenvalue weighted by Gasteiger charge is -2.01. The fourth-order valence-corrected chi connectivity index (χ4v) is 1.92. The van der Waals surface area contributed by atoms with Crippen molar-refractivity contribution < 1.29 is 4.92 Å². The summed E-state index contributed by atoms with van der Waals surface area (Å²) in [6.45, 7) is 0. The maximum Gasteiger partial charge on any atom is 0.327 e. The number of anilines is 1. The third-order valence-corrected chi connectivity index (χ3v) is 2.89. The van der Waals surface area contributed by atoms with Gasteiger partial charge >= 0.3 is 5.69 Å². The van der Waals surface area contributed by atoms with Crippen molar-refractivity contribution in [3.63, 3.8) is 0 Å². The molecule has 10 heteroatoms. The topological polar surface area (TPSA) is 164 Å². The standard InChI is InChI=1S/C11H8N6O4/c12-6-2-1-4(17(20)21)3-5(6)8-13-7-9(14-8)15-11(19)16-10(7)18/h1-3H,12H2,(H3,13,14,15,16,18,19). The number of nitrogens with zero attached hydrogens (tertiary/aromatic N) is 2. The third-order valence-electron chi connectivity index (χ3n) is 2.89. The van der Waals surface area contributed by atoms with E-state index in [0.717, 1.165) is 0 Å². The Bertz CT molecular complexity index is 982. The van der Waals surface area contributed by atoms with Crippen LogP contribution < -0.4 is 17.0 Å². The normalized spacial score (nSPS) is 10.9. The smallest absolute Gasteiger partial charge is 0.327 e. The van der Waals surface area contributed by atoms with Crippen LogP contribution in [0.4, 0.5) is 11.4 Å². The number of fused-ring (bicyclic) bond motifs is 1. The van der Waals surface area contributed by atoms with Crippen LogP contribution in [0.2, 0.25) is 0 Å². The van der Waals surface area contributed by atoms with E-state index in [0.29, 0.717) is 0 Å². The maximum atomic E-state index is 11.6. The molecule has 106 valence electrons. The van der Waals surface area contributed by atoms with Crippen LogP contribution in [0.3, 0.4) is 0 Å². The summed E-state index contributed by atoms with van der Waals surface area (Å²) >= 11 is 0. The summed E-state index contributed by atoms with van der Waals surface area (Å²) in [5, 5.41) is 10.8. The summed E-state index contributed by atoms with van der Waals surface area (Å²) < 4.78 is 0. The number of imidazole rings is 1. The number of nitrogen functional groups attached to an aromatic ring is 1. The molecule has 0 spiro atoms. The van der Waals surface area contributed by atoms with Gasteiger partial charge in [0, 0.05) is 23.4 Å². The molecule has 0 saturated heterocycles. The molecule has 0 saturated carbocycles. The quantitative estimate of drug-likeness (QED) is 0.296. The van der Waals surface area contributed by atoms with E-state index in [1.807, 2.05) is 4.98 Å². The second-order valence-electron chi connectivity index (χ2n) is 4.25. The van der Waals surface area contributed by atoms with E-state index in [4.69, 9.17) is 5.73 Å². The first-order valence-electron chi connectivity index (χ1n) is 5.72. The van der Waals surface area contributed by atoms with E-state index in [1.54, 1.807) is 0 Å². The zero-order valence-corrected chi connectivity index (χ0v) is 10.3. The average Bonchev–Trinajstić information content (AvgIpc) is 2.82. The van der Waals surface area contributed by atoms with Gasteiger partial charge in [0.05, 0.1) is 4.92 Å². The number of nitro groups is 1. The fourth-order valence-electron chi connectivity index (χ4n) is 1.92. The summed E-state index contributed by atoms with van der Waals surface area (Å²) in [6, 6.07) is 3.86. The van der Waals surface area contributed by atoms with Crippen molar-refractivity contribution in [1.29, 1.82) is 0 Å². The van der Waals surface area contributed by atoms with Gasteiger partial charge in [-0.25, -0.2) is 9.78 Å². The van der Waals surface area contributed by atoms with Gasteiger partial charge in [-0.2, -0.15) is 0 Å². The molecule has 0 radical (unpaired) electrons. The third kappa shape index (κ3) is 2.04. The van der Waals surface area contributed by atoms with Gasteiger partial charge in [0.1, 0.15) is 11.3 Å². The van der Waals surface area contributed by atoms with Gasteiger partial charge in [-0.3, -0.25) is 24.9 Å². The van der Waals surface area contributed by atoms with Crippen molar-refractivity contribution >= 4 is 22.5 Å². The molecule has 0 atom stereocenters. The van der Waals surface area contributed by atoms with Crippen LogP contribution >= 0.6 is 0 Å². The molecule has 0 aliphatic rings. The zero-order valence-electron chi connectivity index (χ0n) is 10.3. The average molecular weight is 288 g/mol. The number of non-ortho nitro benzene ring substituents is 1. The summed E-state index contributed by atoms with van der Waals surface area (Å²) in [5.41, 5.74) is 4.88.